The summed E-state index contributed by atoms with van der Waals surface area (Å²) in [5.74, 6) is 0. The van der Waals surface area contributed by atoms with Crippen LogP contribution in [0.3, 0.4) is 0 Å². The molecule has 1 aromatic rings. The minimum Gasteiger partial charge on any atom is -0.309 e. The predicted molar refractivity (Wildman–Crippen MR) is 85.0 cm³/mol. The van der Waals surface area contributed by atoms with Crippen molar-refractivity contribution in [3.05, 3.63) is 21.9 Å². The molecular weight excluding hydrogens is 252 g/mol. The highest BCUT2D eigenvalue weighted by Gasteiger charge is 2.36. The van der Waals surface area contributed by atoms with Crippen LogP contribution >= 0.6 is 11.3 Å². The maximum atomic E-state index is 3.75. The van der Waals surface area contributed by atoms with E-state index >= 15 is 0 Å². The number of piperazine rings is 1. The third-order valence-corrected chi connectivity index (χ3v) is 5.86. The van der Waals surface area contributed by atoms with Crippen LogP contribution in [0.15, 0.2) is 12.1 Å². The Morgan fingerprint density at radius 2 is 2.21 bits per heavy atom. The van der Waals surface area contributed by atoms with Crippen molar-refractivity contribution in [1.82, 2.24) is 10.2 Å². The van der Waals surface area contributed by atoms with Crippen molar-refractivity contribution in [3.63, 3.8) is 0 Å². The Morgan fingerprint density at radius 3 is 2.74 bits per heavy atom. The first kappa shape index (κ1) is 15.0. The first-order chi connectivity index (χ1) is 8.99. The van der Waals surface area contributed by atoms with Gasteiger partial charge in [0, 0.05) is 40.5 Å². The van der Waals surface area contributed by atoms with E-state index in [0.717, 1.165) is 13.1 Å². The molecule has 1 aromatic heterocycles. The Bertz CT molecular complexity index is 415. The summed E-state index contributed by atoms with van der Waals surface area (Å²) < 4.78 is 0. The van der Waals surface area contributed by atoms with Crippen LogP contribution < -0.4 is 5.32 Å². The number of hydrogen-bond donors (Lipinski definition) is 1. The molecule has 3 heteroatoms. The van der Waals surface area contributed by atoms with E-state index in [0.29, 0.717) is 12.1 Å². The van der Waals surface area contributed by atoms with Gasteiger partial charge >= 0.3 is 0 Å². The number of nitrogens with one attached hydrogen (secondary N) is 1. The van der Waals surface area contributed by atoms with E-state index in [-0.39, 0.29) is 5.54 Å². The lowest BCUT2D eigenvalue weighted by Gasteiger charge is -2.48. The van der Waals surface area contributed by atoms with E-state index in [1.165, 1.54) is 22.6 Å². The molecule has 108 valence electrons. The first-order valence-electron chi connectivity index (χ1n) is 7.56. The Morgan fingerprint density at radius 1 is 1.47 bits per heavy atom. The smallest absolute Gasteiger partial charge is 0.0417 e. The van der Waals surface area contributed by atoms with Gasteiger partial charge in [-0.2, -0.15) is 0 Å². The predicted octanol–water partition coefficient (Wildman–Crippen LogP) is 3.97. The van der Waals surface area contributed by atoms with E-state index in [2.05, 4.69) is 57.0 Å². The minimum absolute atomic E-state index is 0.270. The van der Waals surface area contributed by atoms with Crippen molar-refractivity contribution in [1.29, 1.82) is 0 Å². The van der Waals surface area contributed by atoms with Crippen molar-refractivity contribution in [3.8, 4) is 0 Å². The van der Waals surface area contributed by atoms with Gasteiger partial charge in [0.2, 0.25) is 0 Å². The summed E-state index contributed by atoms with van der Waals surface area (Å²) in [6.45, 7) is 13.8. The summed E-state index contributed by atoms with van der Waals surface area (Å²) in [4.78, 5) is 5.64. The zero-order valence-corrected chi connectivity index (χ0v) is 13.8. The van der Waals surface area contributed by atoms with Gasteiger partial charge in [-0.3, -0.25) is 4.90 Å². The van der Waals surface area contributed by atoms with Crippen molar-refractivity contribution in [2.75, 3.05) is 13.1 Å². The van der Waals surface area contributed by atoms with Crippen molar-refractivity contribution >= 4 is 11.3 Å². The van der Waals surface area contributed by atoms with Crippen LogP contribution in [-0.2, 0) is 0 Å². The average molecular weight is 280 g/mol. The monoisotopic (exact) mass is 280 g/mol. The highest BCUT2D eigenvalue weighted by molar-refractivity contribution is 7.12. The summed E-state index contributed by atoms with van der Waals surface area (Å²) in [6.07, 6.45) is 2.41. The Labute approximate surface area is 122 Å². The lowest BCUT2D eigenvalue weighted by molar-refractivity contribution is 0.0506. The molecule has 0 aliphatic carbocycles. The molecule has 19 heavy (non-hydrogen) atoms. The summed E-state index contributed by atoms with van der Waals surface area (Å²) >= 11 is 1.95. The zero-order valence-electron chi connectivity index (χ0n) is 13.0. The molecule has 1 fully saturated rings. The Hall–Kier alpha value is -0.380. The van der Waals surface area contributed by atoms with Gasteiger partial charge in [0.25, 0.3) is 0 Å². The minimum atomic E-state index is 0.270. The van der Waals surface area contributed by atoms with Gasteiger partial charge in [-0.05, 0) is 45.7 Å². The van der Waals surface area contributed by atoms with Crippen LogP contribution in [0.25, 0.3) is 0 Å². The topological polar surface area (TPSA) is 15.3 Å². The van der Waals surface area contributed by atoms with Crippen LogP contribution in [0, 0.1) is 6.92 Å². The SMILES string of the molecule is CCC1CNC(C)(CC)CN1C(C)c1ccc(C)s1. The molecule has 2 rings (SSSR count). The standard InChI is InChI=1S/C16H28N2S/c1-6-14-10-17-16(5,7-2)11-18(14)13(4)15-9-8-12(3)19-15/h8-9,13-14,17H,6-7,10-11H2,1-5H3. The fourth-order valence-electron chi connectivity index (χ4n) is 2.98. The number of thiophene rings is 1. The van der Waals surface area contributed by atoms with Crippen molar-refractivity contribution in [2.24, 2.45) is 0 Å². The van der Waals surface area contributed by atoms with Gasteiger partial charge < -0.3 is 5.32 Å². The van der Waals surface area contributed by atoms with Crippen molar-refractivity contribution < 1.29 is 0 Å². The van der Waals surface area contributed by atoms with Gasteiger partial charge in [-0.1, -0.05) is 13.8 Å². The highest BCUT2D eigenvalue weighted by atomic mass is 32.1. The number of rotatable bonds is 4. The van der Waals surface area contributed by atoms with Crippen molar-refractivity contribution in [2.45, 2.75) is 65.1 Å². The third kappa shape index (κ3) is 3.21. The molecule has 0 bridgehead atoms. The second-order valence-electron chi connectivity index (χ2n) is 6.15. The molecule has 1 saturated heterocycles. The molecular formula is C16H28N2S. The second kappa shape index (κ2) is 5.94. The van der Waals surface area contributed by atoms with Crippen LogP contribution in [0.4, 0.5) is 0 Å². The fraction of sp³-hybridized carbons (Fsp3) is 0.750. The Balaban J connectivity index is 2.18. The molecule has 0 spiro atoms. The van der Waals surface area contributed by atoms with E-state index in [1.807, 2.05) is 11.3 Å². The molecule has 1 aliphatic rings. The third-order valence-electron chi connectivity index (χ3n) is 4.69. The van der Waals surface area contributed by atoms with Crippen LogP contribution in [0.2, 0.25) is 0 Å². The largest absolute Gasteiger partial charge is 0.309 e. The zero-order chi connectivity index (χ0) is 14.0. The fourth-order valence-corrected chi connectivity index (χ4v) is 3.93. The second-order valence-corrected chi connectivity index (χ2v) is 7.47. The van der Waals surface area contributed by atoms with E-state index in [1.54, 1.807) is 0 Å². The lowest BCUT2D eigenvalue weighted by Crippen LogP contribution is -2.62. The quantitative estimate of drug-likeness (QED) is 0.898. The lowest BCUT2D eigenvalue weighted by atomic mass is 9.91. The van der Waals surface area contributed by atoms with Gasteiger partial charge in [0.1, 0.15) is 0 Å². The molecule has 3 unspecified atom stereocenters. The Kier molecular flexibility index (Phi) is 4.70. The molecule has 1 aliphatic heterocycles. The molecule has 0 aromatic carbocycles. The van der Waals surface area contributed by atoms with Crippen LogP contribution in [0.1, 0.15) is 56.3 Å². The summed E-state index contributed by atoms with van der Waals surface area (Å²) in [7, 11) is 0. The highest BCUT2D eigenvalue weighted by Crippen LogP contribution is 2.32. The molecule has 2 nitrogen and oxygen atoms in total. The first-order valence-corrected chi connectivity index (χ1v) is 8.38. The normalized spacial score (nSPS) is 30.5. The van der Waals surface area contributed by atoms with E-state index in [9.17, 15) is 0 Å². The summed E-state index contributed by atoms with van der Waals surface area (Å²) in [6, 6.07) is 5.76. The summed E-state index contributed by atoms with van der Waals surface area (Å²) in [5.41, 5.74) is 0.270. The molecule has 0 saturated carbocycles. The van der Waals surface area contributed by atoms with Gasteiger partial charge in [0.05, 0.1) is 0 Å². The number of hydrogen-bond acceptors (Lipinski definition) is 3. The van der Waals surface area contributed by atoms with Gasteiger partial charge in [-0.25, -0.2) is 0 Å². The molecule has 2 heterocycles. The average Bonchev–Trinajstić information content (AvgIpc) is 2.84. The van der Waals surface area contributed by atoms with Crippen LogP contribution in [-0.4, -0.2) is 29.6 Å². The molecule has 1 N–H and O–H groups in total. The van der Waals surface area contributed by atoms with E-state index < -0.39 is 0 Å². The van der Waals surface area contributed by atoms with Crippen LogP contribution in [0.5, 0.6) is 0 Å². The maximum Gasteiger partial charge on any atom is 0.0417 e. The number of aryl methyl sites for hydroxylation is 1. The number of nitrogens with zero attached hydrogens (tertiary/aromatic N) is 1. The van der Waals surface area contributed by atoms with E-state index in [4.69, 9.17) is 0 Å². The van der Waals surface area contributed by atoms with Gasteiger partial charge in [-0.15, -0.1) is 11.3 Å². The van der Waals surface area contributed by atoms with Gasteiger partial charge in [0.15, 0.2) is 0 Å². The maximum absolute atomic E-state index is 3.75. The molecule has 3 atom stereocenters. The molecule has 0 radical (unpaired) electrons. The summed E-state index contributed by atoms with van der Waals surface area (Å²) in [5, 5.41) is 3.75. The molecule has 0 amide bonds.